The van der Waals surface area contributed by atoms with E-state index in [4.69, 9.17) is 4.74 Å². The van der Waals surface area contributed by atoms with Crippen molar-refractivity contribution in [2.75, 3.05) is 12.5 Å². The van der Waals surface area contributed by atoms with Gasteiger partial charge in [0.25, 0.3) is 0 Å². The Balaban J connectivity index is 1.78. The van der Waals surface area contributed by atoms with Gasteiger partial charge >= 0.3 is 0 Å². The van der Waals surface area contributed by atoms with Gasteiger partial charge in [-0.1, -0.05) is 12.1 Å². The van der Waals surface area contributed by atoms with Gasteiger partial charge in [0.2, 0.25) is 0 Å². The summed E-state index contributed by atoms with van der Waals surface area (Å²) in [5.41, 5.74) is 4.81. The number of aromatic nitrogens is 2. The highest BCUT2D eigenvalue weighted by molar-refractivity contribution is 5.89. The normalized spacial score (nSPS) is 10.9. The number of anilines is 1. The second kappa shape index (κ2) is 6.00. The summed E-state index contributed by atoms with van der Waals surface area (Å²) in [6, 6.07) is 15.4. The van der Waals surface area contributed by atoms with Crippen LogP contribution in [0.5, 0.6) is 5.75 Å². The summed E-state index contributed by atoms with van der Waals surface area (Å²) >= 11 is 0. The van der Waals surface area contributed by atoms with Crippen LogP contribution in [-0.4, -0.2) is 23.3 Å². The largest absolute Gasteiger partial charge is 0.497 e. The molecule has 0 aliphatic rings. The van der Waals surface area contributed by atoms with Crippen molar-refractivity contribution in [2.24, 2.45) is 5.10 Å². The molecular formula is C16H14N4O. The summed E-state index contributed by atoms with van der Waals surface area (Å²) in [7, 11) is 1.64. The molecule has 0 saturated carbocycles. The van der Waals surface area contributed by atoms with Gasteiger partial charge in [0.05, 0.1) is 18.8 Å². The van der Waals surface area contributed by atoms with Crippen molar-refractivity contribution in [3.63, 3.8) is 0 Å². The summed E-state index contributed by atoms with van der Waals surface area (Å²) in [6.07, 6.45) is 3.25. The molecule has 1 heterocycles. The Hall–Kier alpha value is -2.95. The smallest absolute Gasteiger partial charge is 0.157 e. The topological polar surface area (TPSA) is 59.4 Å². The number of hydrogen-bond acceptors (Lipinski definition) is 5. The summed E-state index contributed by atoms with van der Waals surface area (Å²) in [5, 5.41) is 5.15. The molecule has 3 rings (SSSR count). The van der Waals surface area contributed by atoms with Crippen molar-refractivity contribution in [2.45, 2.75) is 0 Å². The second-order valence-corrected chi connectivity index (χ2v) is 4.38. The maximum absolute atomic E-state index is 5.11. The van der Waals surface area contributed by atoms with Crippen molar-refractivity contribution in [3.05, 3.63) is 60.4 Å². The molecule has 0 aliphatic carbocycles. The first-order chi connectivity index (χ1) is 10.4. The molecule has 0 amide bonds. The molecule has 0 atom stereocenters. The van der Waals surface area contributed by atoms with Crippen molar-refractivity contribution in [1.29, 1.82) is 0 Å². The molecule has 0 fully saturated rings. The van der Waals surface area contributed by atoms with Crippen molar-refractivity contribution in [3.8, 4) is 5.75 Å². The molecule has 0 bridgehead atoms. The van der Waals surface area contributed by atoms with Crippen LogP contribution in [-0.2, 0) is 0 Å². The van der Waals surface area contributed by atoms with Gasteiger partial charge in [-0.15, -0.1) is 0 Å². The Kier molecular flexibility index (Phi) is 3.73. The maximum Gasteiger partial charge on any atom is 0.157 e. The van der Waals surface area contributed by atoms with Gasteiger partial charge in [-0.25, -0.2) is 9.97 Å². The third kappa shape index (κ3) is 2.97. The minimum atomic E-state index is 0.686. The average molecular weight is 278 g/mol. The lowest BCUT2D eigenvalue weighted by Crippen LogP contribution is -1.95. The van der Waals surface area contributed by atoms with E-state index in [9.17, 15) is 0 Å². The van der Waals surface area contributed by atoms with Gasteiger partial charge in [-0.2, -0.15) is 5.10 Å². The van der Waals surface area contributed by atoms with Crippen LogP contribution in [0.15, 0.2) is 60.0 Å². The van der Waals surface area contributed by atoms with E-state index in [0.29, 0.717) is 5.82 Å². The van der Waals surface area contributed by atoms with Crippen LogP contribution in [0.1, 0.15) is 5.56 Å². The Morgan fingerprint density at radius 2 is 1.86 bits per heavy atom. The summed E-state index contributed by atoms with van der Waals surface area (Å²) in [4.78, 5) is 8.42. The molecule has 104 valence electrons. The number of benzene rings is 2. The van der Waals surface area contributed by atoms with E-state index in [2.05, 4.69) is 20.5 Å². The number of methoxy groups -OCH3 is 1. The number of rotatable bonds is 4. The number of fused-ring (bicyclic) bond motifs is 1. The molecule has 5 heteroatoms. The number of para-hydroxylation sites is 1. The number of nitrogens with one attached hydrogen (secondary N) is 1. The highest BCUT2D eigenvalue weighted by atomic mass is 16.5. The van der Waals surface area contributed by atoms with Crippen molar-refractivity contribution < 1.29 is 4.74 Å². The molecule has 0 unspecified atom stereocenters. The number of hydrogen-bond donors (Lipinski definition) is 1. The molecular weight excluding hydrogens is 264 g/mol. The quantitative estimate of drug-likeness (QED) is 0.588. The minimum absolute atomic E-state index is 0.686. The Labute approximate surface area is 122 Å². The van der Waals surface area contributed by atoms with Crippen LogP contribution in [0.2, 0.25) is 0 Å². The van der Waals surface area contributed by atoms with Crippen LogP contribution < -0.4 is 10.2 Å². The van der Waals surface area contributed by atoms with Gasteiger partial charge in [0.15, 0.2) is 5.82 Å². The Bertz CT molecular complexity index is 763. The lowest BCUT2D eigenvalue weighted by Gasteiger charge is -2.03. The molecule has 21 heavy (non-hydrogen) atoms. The van der Waals surface area contributed by atoms with E-state index in [1.54, 1.807) is 13.3 Å². The zero-order valence-electron chi connectivity index (χ0n) is 11.5. The predicted octanol–water partition coefficient (Wildman–Crippen LogP) is 3.08. The van der Waals surface area contributed by atoms with E-state index >= 15 is 0 Å². The molecule has 0 radical (unpaired) electrons. The first-order valence-corrected chi connectivity index (χ1v) is 6.50. The van der Waals surface area contributed by atoms with Crippen LogP contribution in [0.25, 0.3) is 10.9 Å². The Morgan fingerprint density at radius 1 is 1.05 bits per heavy atom. The van der Waals surface area contributed by atoms with E-state index in [1.807, 2.05) is 48.5 Å². The van der Waals surface area contributed by atoms with E-state index in [-0.39, 0.29) is 0 Å². The van der Waals surface area contributed by atoms with Crippen LogP contribution in [0, 0.1) is 0 Å². The molecule has 0 saturated heterocycles. The zero-order chi connectivity index (χ0) is 14.5. The zero-order valence-corrected chi connectivity index (χ0v) is 11.5. The average Bonchev–Trinajstić information content (AvgIpc) is 2.56. The first kappa shape index (κ1) is 13.1. The van der Waals surface area contributed by atoms with Crippen LogP contribution in [0.3, 0.4) is 0 Å². The first-order valence-electron chi connectivity index (χ1n) is 6.50. The lowest BCUT2D eigenvalue weighted by atomic mass is 10.2. The molecule has 1 aromatic heterocycles. The van der Waals surface area contributed by atoms with E-state index in [1.165, 1.54) is 6.33 Å². The standard InChI is InChI=1S/C16H14N4O/c1-21-13-8-6-12(7-9-13)10-19-20-16-14-4-2-3-5-15(14)17-11-18-16/h2-11H,1H3,(H,17,18,20). The van der Waals surface area contributed by atoms with Crippen molar-refractivity contribution >= 4 is 22.9 Å². The van der Waals surface area contributed by atoms with Gasteiger partial charge in [0.1, 0.15) is 12.1 Å². The molecule has 1 N–H and O–H groups in total. The molecule has 0 aliphatic heterocycles. The van der Waals surface area contributed by atoms with E-state index < -0.39 is 0 Å². The highest BCUT2D eigenvalue weighted by Crippen LogP contribution is 2.18. The van der Waals surface area contributed by atoms with Gasteiger partial charge in [0, 0.05) is 5.39 Å². The third-order valence-electron chi connectivity index (χ3n) is 3.04. The van der Waals surface area contributed by atoms with Gasteiger partial charge in [-0.05, 0) is 42.0 Å². The van der Waals surface area contributed by atoms with Crippen LogP contribution in [0.4, 0.5) is 5.82 Å². The lowest BCUT2D eigenvalue weighted by molar-refractivity contribution is 0.415. The maximum atomic E-state index is 5.11. The fourth-order valence-corrected chi connectivity index (χ4v) is 1.95. The van der Waals surface area contributed by atoms with Crippen LogP contribution >= 0.6 is 0 Å². The van der Waals surface area contributed by atoms with Gasteiger partial charge in [-0.3, -0.25) is 5.43 Å². The fourth-order valence-electron chi connectivity index (χ4n) is 1.95. The SMILES string of the molecule is COc1ccc(C=NNc2ncnc3ccccc23)cc1. The molecule has 3 aromatic rings. The summed E-state index contributed by atoms with van der Waals surface area (Å²) in [6.45, 7) is 0. The second-order valence-electron chi connectivity index (χ2n) is 4.38. The molecule has 2 aromatic carbocycles. The fraction of sp³-hybridized carbons (Fsp3) is 0.0625. The third-order valence-corrected chi connectivity index (χ3v) is 3.04. The number of ether oxygens (including phenoxy) is 1. The molecule has 0 spiro atoms. The monoisotopic (exact) mass is 278 g/mol. The predicted molar refractivity (Wildman–Crippen MR) is 83.7 cm³/mol. The number of hydrazone groups is 1. The molecule has 5 nitrogen and oxygen atoms in total. The Morgan fingerprint density at radius 3 is 2.67 bits per heavy atom. The van der Waals surface area contributed by atoms with Gasteiger partial charge < -0.3 is 4.74 Å². The summed E-state index contributed by atoms with van der Waals surface area (Å²) in [5.74, 6) is 1.51. The minimum Gasteiger partial charge on any atom is -0.497 e. The summed E-state index contributed by atoms with van der Waals surface area (Å²) < 4.78 is 5.11. The van der Waals surface area contributed by atoms with E-state index in [0.717, 1.165) is 22.2 Å². The number of nitrogens with zero attached hydrogens (tertiary/aromatic N) is 3. The van der Waals surface area contributed by atoms with Crippen molar-refractivity contribution in [1.82, 2.24) is 9.97 Å². The highest BCUT2D eigenvalue weighted by Gasteiger charge is 2.00.